The molecule has 0 aliphatic heterocycles. The zero-order chi connectivity index (χ0) is 16.0. The number of hydrogen-bond donors (Lipinski definition) is 2. The van der Waals surface area contributed by atoms with Crippen LogP contribution in [0.3, 0.4) is 0 Å². The Balaban J connectivity index is 2.66. The average molecular weight is 331 g/mol. The SMILES string of the molecule is CC(C)COCCCNc1sc(C#N)c(N)c1S(C)(=O)=O. The first-order valence-corrected chi connectivity index (χ1v) is 9.32. The highest BCUT2D eigenvalue weighted by Gasteiger charge is 2.23. The van der Waals surface area contributed by atoms with Crippen LogP contribution in [0.4, 0.5) is 10.7 Å². The largest absolute Gasteiger partial charge is 0.396 e. The van der Waals surface area contributed by atoms with Crippen molar-refractivity contribution in [3.8, 4) is 6.07 Å². The minimum Gasteiger partial charge on any atom is -0.396 e. The van der Waals surface area contributed by atoms with Crippen molar-refractivity contribution in [3.63, 3.8) is 0 Å². The number of rotatable bonds is 8. The lowest BCUT2D eigenvalue weighted by Gasteiger charge is -2.08. The molecule has 0 spiro atoms. The number of nitrogens with two attached hydrogens (primary N) is 1. The summed E-state index contributed by atoms with van der Waals surface area (Å²) in [6.45, 7) is 6.03. The maximum atomic E-state index is 11.8. The maximum Gasteiger partial charge on any atom is 0.180 e. The van der Waals surface area contributed by atoms with Gasteiger partial charge in [0.25, 0.3) is 0 Å². The van der Waals surface area contributed by atoms with Crippen molar-refractivity contribution >= 4 is 31.9 Å². The Morgan fingerprint density at radius 2 is 2.14 bits per heavy atom. The van der Waals surface area contributed by atoms with Crippen molar-refractivity contribution in [1.82, 2.24) is 0 Å². The molecule has 0 unspecified atom stereocenters. The number of hydrogen-bond acceptors (Lipinski definition) is 7. The van der Waals surface area contributed by atoms with Crippen molar-refractivity contribution < 1.29 is 13.2 Å². The number of nitrogens with one attached hydrogen (secondary N) is 1. The van der Waals surface area contributed by atoms with E-state index in [1.807, 2.05) is 6.07 Å². The molecular formula is C13H21N3O3S2. The molecule has 0 amide bonds. The summed E-state index contributed by atoms with van der Waals surface area (Å²) in [7, 11) is -3.47. The molecule has 0 bridgehead atoms. The van der Waals surface area contributed by atoms with Gasteiger partial charge in [0.1, 0.15) is 20.8 Å². The lowest BCUT2D eigenvalue weighted by molar-refractivity contribution is 0.110. The standard InChI is InChI=1S/C13H21N3O3S2/c1-9(2)8-19-6-4-5-16-13-12(21(3,17)18)11(15)10(7-14)20-13/h9,16H,4-6,8,15H2,1-3H3. The number of nitriles is 1. The van der Waals surface area contributed by atoms with E-state index in [-0.39, 0.29) is 15.5 Å². The van der Waals surface area contributed by atoms with Crippen LogP contribution < -0.4 is 11.1 Å². The van der Waals surface area contributed by atoms with Crippen molar-refractivity contribution in [2.45, 2.75) is 25.2 Å². The van der Waals surface area contributed by atoms with Crippen molar-refractivity contribution in [2.75, 3.05) is 37.1 Å². The molecule has 0 radical (unpaired) electrons. The van der Waals surface area contributed by atoms with E-state index in [1.165, 1.54) is 0 Å². The average Bonchev–Trinajstić information content (AvgIpc) is 2.69. The van der Waals surface area contributed by atoms with Gasteiger partial charge in [-0.15, -0.1) is 11.3 Å². The first kappa shape index (κ1) is 17.8. The van der Waals surface area contributed by atoms with E-state index < -0.39 is 9.84 Å². The second kappa shape index (κ2) is 7.64. The predicted molar refractivity (Wildman–Crippen MR) is 85.3 cm³/mol. The monoisotopic (exact) mass is 331 g/mol. The fourth-order valence-corrected chi connectivity index (χ4v) is 4.08. The van der Waals surface area contributed by atoms with Crippen LogP contribution in [-0.4, -0.2) is 34.4 Å². The second-order valence-corrected chi connectivity index (χ2v) is 8.11. The number of nitrogen functional groups attached to an aromatic ring is 1. The van der Waals surface area contributed by atoms with Gasteiger partial charge in [0.2, 0.25) is 0 Å². The Morgan fingerprint density at radius 1 is 1.48 bits per heavy atom. The van der Waals surface area contributed by atoms with Gasteiger partial charge in [-0.3, -0.25) is 0 Å². The molecule has 0 aliphatic carbocycles. The number of anilines is 2. The second-order valence-electron chi connectivity index (χ2n) is 5.14. The summed E-state index contributed by atoms with van der Waals surface area (Å²) < 4.78 is 29.0. The molecule has 1 heterocycles. The van der Waals surface area contributed by atoms with Gasteiger partial charge < -0.3 is 15.8 Å². The normalized spacial score (nSPS) is 11.6. The van der Waals surface area contributed by atoms with Gasteiger partial charge >= 0.3 is 0 Å². The lowest BCUT2D eigenvalue weighted by atomic mass is 10.2. The van der Waals surface area contributed by atoms with Crippen LogP contribution >= 0.6 is 11.3 Å². The smallest absolute Gasteiger partial charge is 0.180 e. The summed E-state index contributed by atoms with van der Waals surface area (Å²) >= 11 is 1.06. The van der Waals surface area contributed by atoms with E-state index >= 15 is 0 Å². The van der Waals surface area contributed by atoms with Gasteiger partial charge in [-0.05, 0) is 12.3 Å². The van der Waals surface area contributed by atoms with E-state index in [9.17, 15) is 8.42 Å². The summed E-state index contributed by atoms with van der Waals surface area (Å²) in [5.74, 6) is 0.491. The summed E-state index contributed by atoms with van der Waals surface area (Å²) in [6.07, 6.45) is 1.83. The van der Waals surface area contributed by atoms with Gasteiger partial charge in [-0.2, -0.15) is 5.26 Å². The topological polar surface area (TPSA) is 105 Å². The molecule has 0 fully saturated rings. The van der Waals surface area contributed by atoms with Crippen LogP contribution in [0.2, 0.25) is 0 Å². The molecular weight excluding hydrogens is 310 g/mol. The molecule has 0 saturated heterocycles. The van der Waals surface area contributed by atoms with E-state index in [4.69, 9.17) is 15.7 Å². The van der Waals surface area contributed by atoms with E-state index in [0.717, 1.165) is 24.0 Å². The molecule has 21 heavy (non-hydrogen) atoms. The van der Waals surface area contributed by atoms with Gasteiger partial charge in [-0.1, -0.05) is 13.8 Å². The first-order valence-electron chi connectivity index (χ1n) is 6.61. The summed E-state index contributed by atoms with van der Waals surface area (Å²) in [4.78, 5) is 0.237. The molecule has 0 atom stereocenters. The summed E-state index contributed by atoms with van der Waals surface area (Å²) in [5.41, 5.74) is 5.76. The molecule has 1 aromatic rings. The predicted octanol–water partition coefficient (Wildman–Crippen LogP) is 2.08. The lowest BCUT2D eigenvalue weighted by Crippen LogP contribution is -2.10. The Bertz CT molecular complexity index is 615. The third kappa shape index (κ3) is 5.19. The van der Waals surface area contributed by atoms with Crippen molar-refractivity contribution in [1.29, 1.82) is 5.26 Å². The van der Waals surface area contributed by atoms with Crippen LogP contribution in [0.5, 0.6) is 0 Å². The number of nitrogens with zero attached hydrogens (tertiary/aromatic N) is 1. The number of ether oxygens (including phenoxy) is 1. The Kier molecular flexibility index (Phi) is 6.45. The van der Waals surface area contributed by atoms with Gasteiger partial charge in [0.15, 0.2) is 9.84 Å². The van der Waals surface area contributed by atoms with Crippen molar-refractivity contribution in [2.24, 2.45) is 5.92 Å². The fourth-order valence-electron chi connectivity index (χ4n) is 1.69. The summed E-state index contributed by atoms with van der Waals surface area (Å²) in [5, 5.41) is 12.4. The van der Waals surface area contributed by atoms with E-state index in [2.05, 4.69) is 19.2 Å². The van der Waals surface area contributed by atoms with Crippen molar-refractivity contribution in [3.05, 3.63) is 4.88 Å². The molecule has 1 aromatic heterocycles. The highest BCUT2D eigenvalue weighted by Crippen LogP contribution is 2.38. The quantitative estimate of drug-likeness (QED) is 0.707. The minimum absolute atomic E-state index is 0.0205. The molecule has 3 N–H and O–H groups in total. The highest BCUT2D eigenvalue weighted by atomic mass is 32.2. The molecule has 0 saturated carbocycles. The first-order chi connectivity index (χ1) is 9.77. The number of thiophene rings is 1. The van der Waals surface area contributed by atoms with Crippen LogP contribution in [-0.2, 0) is 14.6 Å². The zero-order valence-corrected chi connectivity index (χ0v) is 14.1. The molecule has 6 nitrogen and oxygen atoms in total. The maximum absolute atomic E-state index is 11.8. The third-order valence-electron chi connectivity index (χ3n) is 2.57. The van der Waals surface area contributed by atoms with Crippen LogP contribution in [0.25, 0.3) is 0 Å². The van der Waals surface area contributed by atoms with Crippen LogP contribution in [0.15, 0.2) is 4.90 Å². The molecule has 0 aliphatic rings. The number of sulfone groups is 1. The van der Waals surface area contributed by atoms with Gasteiger partial charge in [0, 0.05) is 26.0 Å². The molecule has 118 valence electrons. The van der Waals surface area contributed by atoms with Crippen LogP contribution in [0.1, 0.15) is 25.1 Å². The minimum atomic E-state index is -3.47. The van der Waals surface area contributed by atoms with Gasteiger partial charge in [0.05, 0.1) is 5.69 Å². The zero-order valence-electron chi connectivity index (χ0n) is 12.5. The van der Waals surface area contributed by atoms with Gasteiger partial charge in [-0.25, -0.2) is 8.42 Å². The third-order valence-corrected chi connectivity index (χ3v) is 4.94. The van der Waals surface area contributed by atoms with Crippen LogP contribution in [0, 0.1) is 17.2 Å². The van der Waals surface area contributed by atoms with E-state index in [1.54, 1.807) is 0 Å². The Hall–Kier alpha value is -1.30. The highest BCUT2D eigenvalue weighted by molar-refractivity contribution is 7.91. The molecule has 8 heteroatoms. The summed E-state index contributed by atoms with van der Waals surface area (Å²) in [6, 6.07) is 1.92. The molecule has 0 aromatic carbocycles. The van der Waals surface area contributed by atoms with E-state index in [0.29, 0.717) is 30.7 Å². The fraction of sp³-hybridized carbons (Fsp3) is 0.615. The Labute approximate surface area is 129 Å². The molecule has 1 rings (SSSR count). The Morgan fingerprint density at radius 3 is 2.67 bits per heavy atom.